The van der Waals surface area contributed by atoms with Gasteiger partial charge in [0.15, 0.2) is 5.78 Å². The third kappa shape index (κ3) is 1.95. The van der Waals surface area contributed by atoms with Crippen molar-refractivity contribution < 1.29 is 15.0 Å². The highest BCUT2D eigenvalue weighted by Crippen LogP contribution is 2.47. The Morgan fingerprint density at radius 2 is 2.00 bits per heavy atom. The molecule has 3 nitrogen and oxygen atoms in total. The van der Waals surface area contributed by atoms with Crippen molar-refractivity contribution in [3.8, 4) is 5.75 Å². The molecule has 1 aromatic rings. The number of hydrogen-bond donors (Lipinski definition) is 2. The minimum atomic E-state index is -0.590. The molecule has 2 aliphatic rings. The molecular weight excluding hydrogens is 276 g/mol. The molecule has 22 heavy (non-hydrogen) atoms. The Bertz CT molecular complexity index is 661. The zero-order valence-electron chi connectivity index (χ0n) is 13.4. The van der Waals surface area contributed by atoms with Crippen molar-refractivity contribution in [3.63, 3.8) is 0 Å². The van der Waals surface area contributed by atoms with Crippen LogP contribution in [0, 0.1) is 5.41 Å². The highest BCUT2D eigenvalue weighted by Gasteiger charge is 2.42. The Balaban J connectivity index is 2.24. The SMILES string of the molecule is C=C[C@@]1(C)CCc2c3c(cc(O)c2C1=O)[C@](C)(CO)CCC3. The van der Waals surface area contributed by atoms with Crippen LogP contribution in [0.2, 0.25) is 0 Å². The number of allylic oxidation sites excluding steroid dienone is 1. The van der Waals surface area contributed by atoms with Gasteiger partial charge in [0.2, 0.25) is 0 Å². The Morgan fingerprint density at radius 3 is 2.64 bits per heavy atom. The lowest BCUT2D eigenvalue weighted by Gasteiger charge is -2.39. The number of carbonyl (C=O) groups excluding carboxylic acids is 1. The number of aliphatic hydroxyl groups is 1. The molecule has 0 heterocycles. The zero-order valence-corrected chi connectivity index (χ0v) is 13.4. The summed E-state index contributed by atoms with van der Waals surface area (Å²) in [4.78, 5) is 12.8. The quantitative estimate of drug-likeness (QED) is 0.824. The maximum Gasteiger partial charge on any atom is 0.176 e. The zero-order chi connectivity index (χ0) is 16.1. The van der Waals surface area contributed by atoms with Crippen LogP contribution < -0.4 is 0 Å². The second-order valence-corrected chi connectivity index (χ2v) is 7.30. The van der Waals surface area contributed by atoms with Gasteiger partial charge in [-0.15, -0.1) is 6.58 Å². The lowest BCUT2D eigenvalue weighted by Crippen LogP contribution is -2.36. The Labute approximate surface area is 131 Å². The number of aromatic hydroxyl groups is 1. The summed E-state index contributed by atoms with van der Waals surface area (Å²) < 4.78 is 0. The maximum atomic E-state index is 12.8. The molecule has 0 radical (unpaired) electrons. The molecule has 1 aromatic carbocycles. The fourth-order valence-corrected chi connectivity index (χ4v) is 4.05. The van der Waals surface area contributed by atoms with Crippen molar-refractivity contribution in [1.82, 2.24) is 0 Å². The molecule has 0 saturated carbocycles. The first-order chi connectivity index (χ1) is 10.4. The van der Waals surface area contributed by atoms with Crippen molar-refractivity contribution in [2.24, 2.45) is 5.41 Å². The fourth-order valence-electron chi connectivity index (χ4n) is 4.05. The van der Waals surface area contributed by atoms with Gasteiger partial charge in [-0.1, -0.05) is 13.0 Å². The summed E-state index contributed by atoms with van der Waals surface area (Å²) in [5.41, 5.74) is 2.77. The van der Waals surface area contributed by atoms with Gasteiger partial charge in [0.05, 0.1) is 12.2 Å². The molecule has 3 rings (SSSR count). The predicted octanol–water partition coefficient (Wildman–Crippen LogP) is 3.30. The number of fused-ring (bicyclic) bond motifs is 3. The van der Waals surface area contributed by atoms with E-state index in [-0.39, 0.29) is 23.6 Å². The van der Waals surface area contributed by atoms with Crippen molar-refractivity contribution in [2.75, 3.05) is 6.61 Å². The minimum absolute atomic E-state index is 0.0275. The van der Waals surface area contributed by atoms with Crippen molar-refractivity contribution >= 4 is 5.78 Å². The van der Waals surface area contributed by atoms with Gasteiger partial charge in [0.25, 0.3) is 0 Å². The van der Waals surface area contributed by atoms with E-state index < -0.39 is 5.41 Å². The van der Waals surface area contributed by atoms with E-state index in [9.17, 15) is 15.0 Å². The molecule has 0 saturated heterocycles. The summed E-state index contributed by atoms with van der Waals surface area (Å²) >= 11 is 0. The Hall–Kier alpha value is -1.61. The second kappa shape index (κ2) is 4.95. The molecule has 2 N–H and O–H groups in total. The first-order valence-electron chi connectivity index (χ1n) is 8.04. The first-order valence-corrected chi connectivity index (χ1v) is 8.04. The number of hydrogen-bond acceptors (Lipinski definition) is 3. The molecule has 0 aliphatic heterocycles. The smallest absolute Gasteiger partial charge is 0.176 e. The number of Topliss-reactive ketones (excluding diaryl/α,β-unsaturated/α-hetero) is 1. The van der Waals surface area contributed by atoms with E-state index in [1.165, 1.54) is 5.56 Å². The monoisotopic (exact) mass is 300 g/mol. The van der Waals surface area contributed by atoms with Gasteiger partial charge < -0.3 is 10.2 Å². The number of phenols is 1. The minimum Gasteiger partial charge on any atom is -0.507 e. The Kier molecular flexibility index (Phi) is 3.44. The predicted molar refractivity (Wildman–Crippen MR) is 86.4 cm³/mol. The molecule has 0 spiro atoms. The van der Waals surface area contributed by atoms with Crippen LogP contribution in [0.25, 0.3) is 0 Å². The van der Waals surface area contributed by atoms with E-state index in [2.05, 4.69) is 6.58 Å². The van der Waals surface area contributed by atoms with Gasteiger partial charge in [0.1, 0.15) is 5.75 Å². The maximum absolute atomic E-state index is 12.8. The summed E-state index contributed by atoms with van der Waals surface area (Å²) in [6.07, 6.45) is 6.05. The molecular formula is C19H24O3. The number of phenolic OH excluding ortho intramolecular Hbond substituents is 1. The summed E-state index contributed by atoms with van der Waals surface area (Å²) in [6, 6.07) is 1.72. The van der Waals surface area contributed by atoms with Crippen molar-refractivity contribution in [2.45, 2.75) is 51.4 Å². The van der Waals surface area contributed by atoms with E-state index in [4.69, 9.17) is 0 Å². The number of ketones is 1. The average molecular weight is 300 g/mol. The number of aliphatic hydroxyl groups excluding tert-OH is 1. The molecule has 0 unspecified atom stereocenters. The molecule has 2 atom stereocenters. The normalized spacial score (nSPS) is 30.6. The van der Waals surface area contributed by atoms with Crippen LogP contribution in [0.15, 0.2) is 18.7 Å². The van der Waals surface area contributed by atoms with Gasteiger partial charge >= 0.3 is 0 Å². The molecule has 2 aliphatic carbocycles. The van der Waals surface area contributed by atoms with Gasteiger partial charge in [0, 0.05) is 10.8 Å². The van der Waals surface area contributed by atoms with Gasteiger partial charge in [-0.25, -0.2) is 0 Å². The Morgan fingerprint density at radius 1 is 1.27 bits per heavy atom. The summed E-state index contributed by atoms with van der Waals surface area (Å²) in [7, 11) is 0. The second-order valence-electron chi connectivity index (χ2n) is 7.30. The lowest BCUT2D eigenvalue weighted by molar-refractivity contribution is 0.0842. The fraction of sp³-hybridized carbons (Fsp3) is 0.526. The molecule has 0 amide bonds. The molecule has 0 aromatic heterocycles. The molecule has 118 valence electrons. The van der Waals surface area contributed by atoms with E-state index >= 15 is 0 Å². The topological polar surface area (TPSA) is 57.5 Å². The highest BCUT2D eigenvalue weighted by molar-refractivity contribution is 6.06. The third-order valence-electron chi connectivity index (χ3n) is 5.77. The summed E-state index contributed by atoms with van der Waals surface area (Å²) in [5.74, 6) is 0.0356. The van der Waals surface area contributed by atoms with Crippen LogP contribution in [0.3, 0.4) is 0 Å². The highest BCUT2D eigenvalue weighted by atomic mass is 16.3. The van der Waals surface area contributed by atoms with Crippen molar-refractivity contribution in [3.05, 3.63) is 41.0 Å². The van der Waals surface area contributed by atoms with Gasteiger partial charge in [-0.3, -0.25) is 4.79 Å². The van der Waals surface area contributed by atoms with Gasteiger partial charge in [-0.2, -0.15) is 0 Å². The summed E-state index contributed by atoms with van der Waals surface area (Å²) in [6.45, 7) is 7.79. The molecule has 0 fully saturated rings. The van der Waals surface area contributed by atoms with E-state index in [1.54, 1.807) is 12.1 Å². The largest absolute Gasteiger partial charge is 0.507 e. The van der Waals surface area contributed by atoms with Crippen LogP contribution in [0.5, 0.6) is 5.75 Å². The molecule has 3 heteroatoms. The van der Waals surface area contributed by atoms with Crippen LogP contribution in [0.1, 0.15) is 60.2 Å². The summed E-state index contributed by atoms with van der Waals surface area (Å²) in [5, 5.41) is 20.3. The number of benzene rings is 1. The van der Waals surface area contributed by atoms with Crippen LogP contribution >= 0.6 is 0 Å². The van der Waals surface area contributed by atoms with Gasteiger partial charge in [-0.05, 0) is 61.8 Å². The lowest BCUT2D eigenvalue weighted by atomic mass is 9.65. The number of carbonyl (C=O) groups is 1. The van der Waals surface area contributed by atoms with E-state index in [1.807, 2.05) is 13.8 Å². The van der Waals surface area contributed by atoms with E-state index in [0.717, 1.165) is 43.2 Å². The van der Waals surface area contributed by atoms with E-state index in [0.29, 0.717) is 5.56 Å². The van der Waals surface area contributed by atoms with Crippen LogP contribution in [-0.4, -0.2) is 22.6 Å². The van der Waals surface area contributed by atoms with Crippen LogP contribution in [-0.2, 0) is 18.3 Å². The van der Waals surface area contributed by atoms with Crippen LogP contribution in [0.4, 0.5) is 0 Å². The average Bonchev–Trinajstić information content (AvgIpc) is 2.51. The number of rotatable bonds is 2. The standard InChI is InChI=1S/C19H24O3/c1-4-18(2)9-7-13-12-6-5-8-19(3,11-20)14(12)10-15(21)16(13)17(18)22/h4,10,20-21H,1,5-9,11H2,2-3H3/t18-,19-/m0/s1. The molecule has 0 bridgehead atoms. The van der Waals surface area contributed by atoms with Crippen molar-refractivity contribution in [1.29, 1.82) is 0 Å². The third-order valence-corrected chi connectivity index (χ3v) is 5.77. The first kappa shape index (κ1) is 15.3.